The van der Waals surface area contributed by atoms with Crippen LogP contribution in [0.2, 0.25) is 0 Å². The van der Waals surface area contributed by atoms with Crippen LogP contribution in [0, 0.1) is 0 Å². The second-order valence-electron chi connectivity index (χ2n) is 7.90. The number of aromatic nitrogens is 2. The van der Waals surface area contributed by atoms with Crippen LogP contribution in [0.3, 0.4) is 0 Å². The second-order valence-corrected chi connectivity index (χ2v) is 7.90. The van der Waals surface area contributed by atoms with E-state index in [1.165, 1.54) is 12.4 Å². The number of likely N-dealkylation sites (tertiary alicyclic amines) is 1. The Kier molecular flexibility index (Phi) is 5.79. The molecule has 0 bridgehead atoms. The number of amides is 1. The third-order valence-corrected chi connectivity index (χ3v) is 5.46. The van der Waals surface area contributed by atoms with Crippen molar-refractivity contribution in [2.24, 2.45) is 0 Å². The number of benzene rings is 2. The SMILES string of the molecule is C=CC(=O)N1C[C@H](Nc2ncnc(N)c2-c2ccc(Oc3ccccc3)cc2)[C@](C)(O)C1. The van der Waals surface area contributed by atoms with Gasteiger partial charge >= 0.3 is 0 Å². The molecule has 4 N–H and O–H groups in total. The van der Waals surface area contributed by atoms with Crippen LogP contribution in [0.15, 0.2) is 73.6 Å². The van der Waals surface area contributed by atoms with Crippen LogP contribution in [0.5, 0.6) is 11.5 Å². The Hall–Kier alpha value is -3.91. The Bertz CT molecular complexity index is 1120. The normalized spacial score (nSPS) is 20.1. The van der Waals surface area contributed by atoms with Crippen molar-refractivity contribution in [2.45, 2.75) is 18.6 Å². The summed E-state index contributed by atoms with van der Waals surface area (Å²) in [7, 11) is 0. The molecular weight excluding hydrogens is 406 g/mol. The first-order valence-corrected chi connectivity index (χ1v) is 10.2. The molecule has 1 aliphatic rings. The number of anilines is 2. The lowest BCUT2D eigenvalue weighted by Gasteiger charge is -2.26. The van der Waals surface area contributed by atoms with Gasteiger partial charge in [0.05, 0.1) is 18.2 Å². The topological polar surface area (TPSA) is 114 Å². The highest BCUT2D eigenvalue weighted by Crippen LogP contribution is 2.34. The van der Waals surface area contributed by atoms with E-state index in [4.69, 9.17) is 10.5 Å². The number of nitrogens with one attached hydrogen (secondary N) is 1. The third-order valence-electron chi connectivity index (χ3n) is 5.46. The molecule has 1 aromatic heterocycles. The van der Waals surface area contributed by atoms with Gasteiger partial charge in [-0.15, -0.1) is 0 Å². The maximum atomic E-state index is 12.0. The number of nitrogens with zero attached hydrogens (tertiary/aromatic N) is 3. The molecule has 3 aromatic rings. The highest BCUT2D eigenvalue weighted by molar-refractivity contribution is 5.88. The van der Waals surface area contributed by atoms with Gasteiger partial charge in [-0.25, -0.2) is 9.97 Å². The Morgan fingerprint density at radius 1 is 1.22 bits per heavy atom. The van der Waals surface area contributed by atoms with Gasteiger partial charge in [-0.1, -0.05) is 36.9 Å². The molecule has 0 spiro atoms. The average Bonchev–Trinajstić information content (AvgIpc) is 3.09. The summed E-state index contributed by atoms with van der Waals surface area (Å²) in [5.41, 5.74) is 6.45. The summed E-state index contributed by atoms with van der Waals surface area (Å²) in [6.07, 6.45) is 2.61. The monoisotopic (exact) mass is 431 g/mol. The lowest BCUT2D eigenvalue weighted by molar-refractivity contribution is -0.125. The van der Waals surface area contributed by atoms with Gasteiger partial charge in [-0.05, 0) is 42.8 Å². The minimum Gasteiger partial charge on any atom is -0.457 e. The van der Waals surface area contributed by atoms with E-state index in [0.29, 0.717) is 29.5 Å². The third kappa shape index (κ3) is 4.40. The molecule has 1 aliphatic heterocycles. The molecule has 0 saturated carbocycles. The number of nitrogens with two attached hydrogens (primary N) is 1. The summed E-state index contributed by atoms with van der Waals surface area (Å²) < 4.78 is 5.85. The van der Waals surface area contributed by atoms with E-state index in [2.05, 4.69) is 21.9 Å². The van der Waals surface area contributed by atoms with Crippen LogP contribution >= 0.6 is 0 Å². The maximum Gasteiger partial charge on any atom is 0.246 e. The van der Waals surface area contributed by atoms with E-state index in [0.717, 1.165) is 11.3 Å². The molecule has 1 saturated heterocycles. The highest BCUT2D eigenvalue weighted by atomic mass is 16.5. The van der Waals surface area contributed by atoms with Crippen molar-refractivity contribution in [3.05, 3.63) is 73.6 Å². The molecule has 8 nitrogen and oxygen atoms in total. The number of para-hydroxylation sites is 1. The molecule has 0 unspecified atom stereocenters. The summed E-state index contributed by atoms with van der Waals surface area (Å²) in [5.74, 6) is 1.98. The maximum absolute atomic E-state index is 12.0. The fourth-order valence-corrected chi connectivity index (χ4v) is 3.75. The average molecular weight is 431 g/mol. The van der Waals surface area contributed by atoms with E-state index >= 15 is 0 Å². The van der Waals surface area contributed by atoms with Crippen LogP contribution in [0.1, 0.15) is 6.92 Å². The van der Waals surface area contributed by atoms with Crippen LogP contribution in [-0.2, 0) is 4.79 Å². The fraction of sp³-hybridized carbons (Fsp3) is 0.208. The number of β-amino-alcohol motifs (C(OH)–C–C–N with tert-alkyl or cyclic N) is 1. The fourth-order valence-electron chi connectivity index (χ4n) is 3.75. The summed E-state index contributed by atoms with van der Waals surface area (Å²) in [5, 5.41) is 14.1. The molecule has 1 amide bonds. The molecule has 2 heterocycles. The van der Waals surface area contributed by atoms with Crippen molar-refractivity contribution in [1.29, 1.82) is 0 Å². The highest BCUT2D eigenvalue weighted by Gasteiger charge is 2.43. The number of aliphatic hydroxyl groups is 1. The van der Waals surface area contributed by atoms with Gasteiger partial charge in [0.2, 0.25) is 5.91 Å². The van der Waals surface area contributed by atoms with Crippen LogP contribution in [-0.4, -0.2) is 50.6 Å². The summed E-state index contributed by atoms with van der Waals surface area (Å²) in [6.45, 7) is 5.70. The van der Waals surface area contributed by atoms with Gasteiger partial charge in [0, 0.05) is 6.54 Å². The number of carbonyl (C=O) groups is 1. The number of nitrogen functional groups attached to an aromatic ring is 1. The molecule has 4 rings (SSSR count). The van der Waals surface area contributed by atoms with E-state index in [1.807, 2.05) is 54.6 Å². The van der Waals surface area contributed by atoms with Gasteiger partial charge in [-0.3, -0.25) is 4.79 Å². The summed E-state index contributed by atoms with van der Waals surface area (Å²) >= 11 is 0. The van der Waals surface area contributed by atoms with Crippen LogP contribution in [0.4, 0.5) is 11.6 Å². The number of hydrogen-bond donors (Lipinski definition) is 3. The second kappa shape index (κ2) is 8.68. The lowest BCUT2D eigenvalue weighted by Crippen LogP contribution is -2.43. The van der Waals surface area contributed by atoms with E-state index in [-0.39, 0.29) is 12.5 Å². The molecule has 164 valence electrons. The van der Waals surface area contributed by atoms with Crippen molar-refractivity contribution in [3.63, 3.8) is 0 Å². The quantitative estimate of drug-likeness (QED) is 0.514. The first-order chi connectivity index (χ1) is 15.4. The molecular formula is C24H25N5O3. The minimum absolute atomic E-state index is 0.191. The number of ether oxygens (including phenoxy) is 1. The van der Waals surface area contributed by atoms with Crippen LogP contribution in [0.25, 0.3) is 11.1 Å². The summed E-state index contributed by atoms with van der Waals surface area (Å²) in [6, 6.07) is 16.5. The first-order valence-electron chi connectivity index (χ1n) is 10.2. The Morgan fingerprint density at radius 2 is 1.91 bits per heavy atom. The van der Waals surface area contributed by atoms with Crippen molar-refractivity contribution in [2.75, 3.05) is 24.1 Å². The van der Waals surface area contributed by atoms with Crippen molar-refractivity contribution in [3.8, 4) is 22.6 Å². The Morgan fingerprint density at radius 3 is 2.59 bits per heavy atom. The zero-order valence-corrected chi connectivity index (χ0v) is 17.7. The summed E-state index contributed by atoms with van der Waals surface area (Å²) in [4.78, 5) is 22.0. The van der Waals surface area contributed by atoms with Gasteiger partial charge in [0.25, 0.3) is 0 Å². The molecule has 2 aromatic carbocycles. The van der Waals surface area contributed by atoms with Gasteiger partial charge in [0.15, 0.2) is 0 Å². The zero-order chi connectivity index (χ0) is 22.7. The number of hydrogen-bond acceptors (Lipinski definition) is 7. The van der Waals surface area contributed by atoms with E-state index < -0.39 is 11.6 Å². The van der Waals surface area contributed by atoms with E-state index in [1.54, 1.807) is 11.8 Å². The van der Waals surface area contributed by atoms with Gasteiger partial charge < -0.3 is 25.8 Å². The molecule has 2 atom stereocenters. The van der Waals surface area contributed by atoms with Crippen molar-refractivity contribution in [1.82, 2.24) is 14.9 Å². The zero-order valence-electron chi connectivity index (χ0n) is 17.7. The number of rotatable bonds is 6. The molecule has 32 heavy (non-hydrogen) atoms. The van der Waals surface area contributed by atoms with E-state index in [9.17, 15) is 9.90 Å². The predicted molar refractivity (Wildman–Crippen MR) is 123 cm³/mol. The smallest absolute Gasteiger partial charge is 0.246 e. The number of carbonyl (C=O) groups excluding carboxylic acids is 1. The van der Waals surface area contributed by atoms with Gasteiger partial charge in [0.1, 0.15) is 35.1 Å². The Labute approximate surface area is 186 Å². The lowest BCUT2D eigenvalue weighted by atomic mass is 10.00. The van der Waals surface area contributed by atoms with Crippen molar-refractivity contribution < 1.29 is 14.6 Å². The molecule has 1 fully saturated rings. The largest absolute Gasteiger partial charge is 0.457 e. The predicted octanol–water partition coefficient (Wildman–Crippen LogP) is 3.08. The molecule has 0 aliphatic carbocycles. The molecule has 8 heteroatoms. The molecule has 0 radical (unpaired) electrons. The van der Waals surface area contributed by atoms with Gasteiger partial charge in [-0.2, -0.15) is 0 Å². The minimum atomic E-state index is -1.15. The standard InChI is InChI=1S/C24H25N5O3/c1-3-20(30)29-13-19(24(2,31)14-29)28-23-21(22(25)26-15-27-23)16-9-11-18(12-10-16)32-17-7-5-4-6-8-17/h3-12,15,19,31H,1,13-14H2,2H3,(H3,25,26,27,28)/t19-,24+/m0/s1. The van der Waals surface area contributed by atoms with Crippen molar-refractivity contribution >= 4 is 17.5 Å². The van der Waals surface area contributed by atoms with Crippen LogP contribution < -0.4 is 15.8 Å². The first kappa shape index (κ1) is 21.3. The Balaban J connectivity index is 1.58.